The summed E-state index contributed by atoms with van der Waals surface area (Å²) in [6.07, 6.45) is 0.0922. The van der Waals surface area contributed by atoms with Crippen molar-refractivity contribution in [2.75, 3.05) is 17.7 Å². The van der Waals surface area contributed by atoms with Gasteiger partial charge in [-0.2, -0.15) is 0 Å². The lowest BCUT2D eigenvalue weighted by Gasteiger charge is -2.08. The molecule has 138 valence electrons. The molecule has 0 fully saturated rings. The quantitative estimate of drug-likeness (QED) is 0.633. The molecular formula is C19H18N4O3S. The van der Waals surface area contributed by atoms with E-state index in [-0.39, 0.29) is 12.3 Å². The van der Waals surface area contributed by atoms with Crippen LogP contribution in [0.1, 0.15) is 21.7 Å². The molecule has 0 aliphatic heterocycles. The normalized spacial score (nSPS) is 10.3. The summed E-state index contributed by atoms with van der Waals surface area (Å²) in [5.41, 5.74) is 2.25. The van der Waals surface area contributed by atoms with Crippen molar-refractivity contribution in [2.24, 2.45) is 0 Å². The number of para-hydroxylation sites is 1. The molecule has 0 radical (unpaired) electrons. The molecule has 0 unspecified atom stereocenters. The van der Waals surface area contributed by atoms with Crippen molar-refractivity contribution in [3.63, 3.8) is 0 Å². The Morgan fingerprint density at radius 3 is 2.70 bits per heavy atom. The van der Waals surface area contributed by atoms with Crippen LogP contribution in [0.4, 0.5) is 16.6 Å². The highest BCUT2D eigenvalue weighted by Gasteiger charge is 2.14. The summed E-state index contributed by atoms with van der Waals surface area (Å²) in [4.78, 5) is 32.9. The smallest absolute Gasteiger partial charge is 0.339 e. The fourth-order valence-electron chi connectivity index (χ4n) is 2.41. The van der Waals surface area contributed by atoms with Gasteiger partial charge >= 0.3 is 5.97 Å². The van der Waals surface area contributed by atoms with Crippen LogP contribution in [-0.4, -0.2) is 29.0 Å². The number of benzene rings is 1. The van der Waals surface area contributed by atoms with E-state index in [1.165, 1.54) is 18.4 Å². The predicted molar refractivity (Wildman–Crippen MR) is 104 cm³/mol. The van der Waals surface area contributed by atoms with Crippen molar-refractivity contribution in [1.82, 2.24) is 9.97 Å². The van der Waals surface area contributed by atoms with E-state index in [9.17, 15) is 9.59 Å². The maximum atomic E-state index is 12.3. The first-order valence-electron chi connectivity index (χ1n) is 8.17. The molecule has 8 heteroatoms. The number of aryl methyl sites for hydroxylation is 1. The molecule has 0 aliphatic carbocycles. The summed E-state index contributed by atoms with van der Waals surface area (Å²) in [7, 11) is 1.30. The number of hydrogen-bond acceptors (Lipinski definition) is 7. The number of rotatable bonds is 6. The highest BCUT2D eigenvalue weighted by molar-refractivity contribution is 7.13. The monoisotopic (exact) mass is 382 g/mol. The van der Waals surface area contributed by atoms with Gasteiger partial charge in [0.1, 0.15) is 5.82 Å². The molecule has 0 saturated carbocycles. The number of methoxy groups -OCH3 is 1. The predicted octanol–water partition coefficient (Wildman–Crippen LogP) is 3.56. The Kier molecular flexibility index (Phi) is 5.77. The van der Waals surface area contributed by atoms with Gasteiger partial charge in [0.2, 0.25) is 5.91 Å². The summed E-state index contributed by atoms with van der Waals surface area (Å²) in [5.74, 6) is -0.0686. The second-order valence-electron chi connectivity index (χ2n) is 5.70. The van der Waals surface area contributed by atoms with E-state index in [2.05, 4.69) is 20.6 Å². The third kappa shape index (κ3) is 4.89. The van der Waals surface area contributed by atoms with Crippen LogP contribution in [0.3, 0.4) is 0 Å². The van der Waals surface area contributed by atoms with Gasteiger partial charge in [0.25, 0.3) is 0 Å². The molecular weight excluding hydrogens is 364 g/mol. The summed E-state index contributed by atoms with van der Waals surface area (Å²) < 4.78 is 4.73. The van der Waals surface area contributed by atoms with Crippen molar-refractivity contribution in [3.8, 4) is 0 Å². The molecule has 2 aromatic heterocycles. The number of ether oxygens (including phenoxy) is 1. The zero-order valence-corrected chi connectivity index (χ0v) is 15.7. The second kappa shape index (κ2) is 8.41. The fourth-order valence-corrected chi connectivity index (χ4v) is 3.12. The van der Waals surface area contributed by atoms with Crippen LogP contribution in [0.15, 0.2) is 47.8 Å². The van der Waals surface area contributed by atoms with Crippen LogP contribution in [-0.2, 0) is 16.0 Å². The highest BCUT2D eigenvalue weighted by Crippen LogP contribution is 2.21. The summed E-state index contributed by atoms with van der Waals surface area (Å²) in [6, 6.07) is 12.4. The molecule has 2 heterocycles. The third-order valence-electron chi connectivity index (χ3n) is 3.62. The van der Waals surface area contributed by atoms with Gasteiger partial charge in [-0.1, -0.05) is 18.2 Å². The number of pyridine rings is 1. The molecule has 0 aliphatic rings. The zero-order chi connectivity index (χ0) is 19.2. The number of nitrogens with zero attached hydrogens (tertiary/aromatic N) is 2. The van der Waals surface area contributed by atoms with Crippen molar-refractivity contribution < 1.29 is 14.3 Å². The maximum absolute atomic E-state index is 12.3. The molecule has 3 rings (SSSR count). The van der Waals surface area contributed by atoms with Crippen LogP contribution in [0.25, 0.3) is 0 Å². The van der Waals surface area contributed by atoms with Crippen molar-refractivity contribution in [2.45, 2.75) is 13.3 Å². The molecule has 27 heavy (non-hydrogen) atoms. The van der Waals surface area contributed by atoms with E-state index in [4.69, 9.17) is 4.74 Å². The molecule has 1 aromatic carbocycles. The minimum absolute atomic E-state index is 0.0922. The van der Waals surface area contributed by atoms with Crippen molar-refractivity contribution >= 4 is 39.9 Å². The average Bonchev–Trinajstić information content (AvgIpc) is 3.08. The Bertz CT molecular complexity index is 971. The number of carbonyl (C=O) groups is 2. The van der Waals surface area contributed by atoms with E-state index in [0.29, 0.717) is 27.9 Å². The van der Waals surface area contributed by atoms with Crippen LogP contribution < -0.4 is 10.6 Å². The summed E-state index contributed by atoms with van der Waals surface area (Å²) in [5, 5.41) is 8.32. The van der Waals surface area contributed by atoms with Crippen molar-refractivity contribution in [1.29, 1.82) is 0 Å². The summed E-state index contributed by atoms with van der Waals surface area (Å²) >= 11 is 1.39. The van der Waals surface area contributed by atoms with Gasteiger partial charge in [0, 0.05) is 11.1 Å². The van der Waals surface area contributed by atoms with Gasteiger partial charge in [-0.05, 0) is 31.2 Å². The minimum Gasteiger partial charge on any atom is -0.465 e. The van der Waals surface area contributed by atoms with E-state index < -0.39 is 5.97 Å². The minimum atomic E-state index is -0.503. The zero-order valence-electron chi connectivity index (χ0n) is 14.9. The number of carbonyl (C=O) groups excluding carboxylic acids is 2. The SMILES string of the molecule is COC(=O)c1ccccc1NC(=O)Cc1csc(Nc2cccc(C)n2)n1. The highest BCUT2D eigenvalue weighted by atomic mass is 32.1. The van der Waals surface area contributed by atoms with E-state index in [1.807, 2.05) is 30.5 Å². The Morgan fingerprint density at radius 1 is 1.11 bits per heavy atom. The lowest BCUT2D eigenvalue weighted by atomic mass is 10.1. The van der Waals surface area contributed by atoms with Gasteiger partial charge in [0.05, 0.1) is 30.5 Å². The largest absolute Gasteiger partial charge is 0.465 e. The van der Waals surface area contributed by atoms with Crippen LogP contribution in [0.5, 0.6) is 0 Å². The van der Waals surface area contributed by atoms with Crippen LogP contribution in [0.2, 0.25) is 0 Å². The van der Waals surface area contributed by atoms with Crippen molar-refractivity contribution in [3.05, 3.63) is 64.8 Å². The Balaban J connectivity index is 1.64. The first kappa shape index (κ1) is 18.5. The first-order chi connectivity index (χ1) is 13.0. The Labute approximate surface area is 160 Å². The fraction of sp³-hybridized carbons (Fsp3) is 0.158. The van der Waals surface area contributed by atoms with E-state index in [0.717, 1.165) is 5.69 Å². The van der Waals surface area contributed by atoms with Gasteiger partial charge in [-0.15, -0.1) is 11.3 Å². The summed E-state index contributed by atoms with van der Waals surface area (Å²) in [6.45, 7) is 1.91. The number of esters is 1. The maximum Gasteiger partial charge on any atom is 0.339 e. The van der Waals surface area contributed by atoms with Crippen LogP contribution in [0, 0.1) is 6.92 Å². The molecule has 0 bridgehead atoms. The number of aromatic nitrogens is 2. The van der Waals surface area contributed by atoms with E-state index in [1.54, 1.807) is 24.3 Å². The van der Waals surface area contributed by atoms with Crippen LogP contribution >= 0.6 is 11.3 Å². The molecule has 7 nitrogen and oxygen atoms in total. The number of amides is 1. The lowest BCUT2D eigenvalue weighted by Crippen LogP contribution is -2.17. The average molecular weight is 382 g/mol. The molecule has 1 amide bonds. The van der Waals surface area contributed by atoms with Gasteiger partial charge in [-0.3, -0.25) is 4.79 Å². The number of anilines is 3. The number of hydrogen-bond donors (Lipinski definition) is 2. The lowest BCUT2D eigenvalue weighted by molar-refractivity contribution is -0.115. The molecule has 0 spiro atoms. The number of thiazole rings is 1. The first-order valence-corrected chi connectivity index (χ1v) is 9.05. The Morgan fingerprint density at radius 2 is 1.93 bits per heavy atom. The van der Waals surface area contributed by atoms with E-state index >= 15 is 0 Å². The third-order valence-corrected chi connectivity index (χ3v) is 4.43. The number of nitrogens with one attached hydrogen (secondary N) is 2. The Hall–Kier alpha value is -3.26. The van der Waals surface area contributed by atoms with Gasteiger partial charge in [0.15, 0.2) is 5.13 Å². The second-order valence-corrected chi connectivity index (χ2v) is 6.55. The van der Waals surface area contributed by atoms with Gasteiger partial charge < -0.3 is 15.4 Å². The molecule has 0 saturated heterocycles. The molecule has 2 N–H and O–H groups in total. The molecule has 0 atom stereocenters. The topological polar surface area (TPSA) is 93.2 Å². The standard InChI is InChI=1S/C19H18N4O3S/c1-12-6-5-9-16(20-12)23-19-21-13(11-27-19)10-17(24)22-15-8-4-3-7-14(15)18(25)26-2/h3-9,11H,10H2,1-2H3,(H,22,24)(H,20,21,23). The van der Waals surface area contributed by atoms with Gasteiger partial charge in [-0.25, -0.2) is 14.8 Å². The molecule has 3 aromatic rings.